The second-order valence-corrected chi connectivity index (χ2v) is 12.8. The van der Waals surface area contributed by atoms with Crippen molar-refractivity contribution in [2.45, 2.75) is 13.8 Å². The van der Waals surface area contributed by atoms with Gasteiger partial charge in [-0.1, -0.05) is 0 Å². The van der Waals surface area contributed by atoms with E-state index in [1.807, 2.05) is 0 Å². The molecule has 0 N–H and O–H groups in total. The van der Waals surface area contributed by atoms with Gasteiger partial charge in [-0.2, -0.15) is 0 Å². The van der Waals surface area contributed by atoms with Gasteiger partial charge in [0.05, 0.1) is 0 Å². The maximum absolute atomic E-state index is 2.48. The first-order valence-corrected chi connectivity index (χ1v) is 11.3. The molecule has 0 spiro atoms. The normalized spacial score (nSPS) is 12.8. The molecule has 0 radical (unpaired) electrons. The summed E-state index contributed by atoms with van der Waals surface area (Å²) in [6.07, 6.45) is 0. The Labute approximate surface area is 159 Å². The quantitative estimate of drug-likeness (QED) is 0.430. The van der Waals surface area contributed by atoms with Crippen molar-refractivity contribution in [1.82, 2.24) is 0 Å². The van der Waals surface area contributed by atoms with E-state index < -0.39 is 6.60 Å². The van der Waals surface area contributed by atoms with Crippen molar-refractivity contribution in [2.24, 2.45) is 0 Å². The van der Waals surface area contributed by atoms with E-state index in [0.717, 1.165) is 0 Å². The summed E-state index contributed by atoms with van der Waals surface area (Å²) in [5.74, 6) is 0. The van der Waals surface area contributed by atoms with Gasteiger partial charge in [0.15, 0.2) is 0 Å². The second-order valence-electron chi connectivity index (χ2n) is 7.01. The molecule has 0 fully saturated rings. The van der Waals surface area contributed by atoms with Crippen LogP contribution in [0.4, 0.5) is 0 Å². The predicted octanol–water partition coefficient (Wildman–Crippen LogP) is 4.39. The minimum atomic E-state index is -2.46. The monoisotopic (exact) mass is 426 g/mol. The molecular weight excluding hydrogens is 402 g/mol. The van der Waals surface area contributed by atoms with Crippen LogP contribution in [0.2, 0.25) is 0 Å². The van der Waals surface area contributed by atoms with E-state index >= 15 is 0 Å². The number of hydrogen-bond donors (Lipinski definition) is 0. The molecule has 0 aliphatic rings. The van der Waals surface area contributed by atoms with Crippen molar-refractivity contribution in [3.05, 3.63) is 90.0 Å². The third-order valence-electron chi connectivity index (χ3n) is 5.36. The Bertz CT molecular complexity index is 780. The molecule has 2 heteroatoms. The Morgan fingerprint density at radius 2 is 1.04 bits per heavy atom. The minimum absolute atomic E-state index is 0. The van der Waals surface area contributed by atoms with Crippen LogP contribution in [0.25, 0.3) is 0 Å². The van der Waals surface area contributed by atoms with Gasteiger partial charge in [-0.3, -0.25) is 0 Å². The molecule has 0 bridgehead atoms. The van der Waals surface area contributed by atoms with Crippen LogP contribution in [0, 0.1) is 13.8 Å². The molecule has 3 aromatic carbocycles. The standard InChI is InChI=1S/C22H25P.Pd/c1-18-12-11-17-22(19(18)2)23(3,4,20-13-7-5-8-14-20)21-15-9-6-10-16-21;/h5-17H,1-4H3;. The number of benzene rings is 3. The maximum Gasteiger partial charge on any atom is 0 e. The van der Waals surface area contributed by atoms with Crippen molar-refractivity contribution in [2.75, 3.05) is 13.3 Å². The van der Waals surface area contributed by atoms with E-state index in [0.29, 0.717) is 0 Å². The van der Waals surface area contributed by atoms with E-state index in [4.69, 9.17) is 0 Å². The Morgan fingerprint density at radius 3 is 1.50 bits per heavy atom. The first-order chi connectivity index (χ1) is 10.9. The van der Waals surface area contributed by atoms with Gasteiger partial charge in [0.2, 0.25) is 0 Å². The van der Waals surface area contributed by atoms with E-state index in [2.05, 4.69) is 106 Å². The largest absolute Gasteiger partial charge is 0 e. The Balaban J connectivity index is 0.00000208. The zero-order valence-corrected chi connectivity index (χ0v) is 17.2. The molecule has 3 rings (SSSR count). The van der Waals surface area contributed by atoms with Crippen LogP contribution in [0.15, 0.2) is 78.9 Å². The Hall–Kier alpha value is -1.25. The molecule has 0 atom stereocenters. The molecule has 0 aromatic heterocycles. The Morgan fingerprint density at radius 1 is 0.583 bits per heavy atom. The van der Waals surface area contributed by atoms with E-state index in [1.165, 1.54) is 27.0 Å². The molecule has 0 aliphatic carbocycles. The third kappa shape index (κ3) is 2.91. The molecule has 128 valence electrons. The van der Waals surface area contributed by atoms with Crippen LogP contribution in [0.1, 0.15) is 11.1 Å². The molecule has 0 heterocycles. The van der Waals surface area contributed by atoms with Gasteiger partial charge in [-0.25, -0.2) is 0 Å². The van der Waals surface area contributed by atoms with Crippen molar-refractivity contribution in [3.63, 3.8) is 0 Å². The zero-order valence-electron chi connectivity index (χ0n) is 14.8. The molecule has 0 saturated heterocycles. The molecule has 3 aromatic rings. The van der Waals surface area contributed by atoms with Gasteiger partial charge in [0.25, 0.3) is 0 Å². The summed E-state index contributed by atoms with van der Waals surface area (Å²) in [5, 5.41) is 4.38. The van der Waals surface area contributed by atoms with Crippen LogP contribution >= 0.6 is 6.60 Å². The summed E-state index contributed by atoms with van der Waals surface area (Å²) >= 11 is 0. The van der Waals surface area contributed by atoms with Gasteiger partial charge < -0.3 is 0 Å². The third-order valence-corrected chi connectivity index (χ3v) is 11.0. The van der Waals surface area contributed by atoms with Crippen LogP contribution in [0.3, 0.4) is 0 Å². The van der Waals surface area contributed by atoms with Crippen LogP contribution < -0.4 is 15.9 Å². The summed E-state index contributed by atoms with van der Waals surface area (Å²) in [4.78, 5) is 0. The fourth-order valence-corrected chi connectivity index (χ4v) is 8.34. The minimum Gasteiger partial charge on any atom is 0 e. The van der Waals surface area contributed by atoms with Gasteiger partial charge in [0, 0.05) is 20.4 Å². The summed E-state index contributed by atoms with van der Waals surface area (Å²) in [7, 11) is 0. The summed E-state index contributed by atoms with van der Waals surface area (Å²) in [6, 6.07) is 28.8. The summed E-state index contributed by atoms with van der Waals surface area (Å²) in [6.45, 7) is 7.00. The topological polar surface area (TPSA) is 0 Å². The van der Waals surface area contributed by atoms with Crippen LogP contribution in [-0.2, 0) is 20.4 Å². The summed E-state index contributed by atoms with van der Waals surface area (Å²) in [5.41, 5.74) is 2.79. The number of hydrogen-bond acceptors (Lipinski definition) is 0. The van der Waals surface area contributed by atoms with Gasteiger partial charge >= 0.3 is 140 Å². The van der Waals surface area contributed by atoms with Crippen molar-refractivity contribution >= 4 is 22.5 Å². The van der Waals surface area contributed by atoms with Crippen LogP contribution in [0.5, 0.6) is 0 Å². The average Bonchev–Trinajstić information content (AvgIpc) is 2.59. The Kier molecular flexibility index (Phi) is 5.51. The van der Waals surface area contributed by atoms with Crippen molar-refractivity contribution < 1.29 is 20.4 Å². The van der Waals surface area contributed by atoms with Gasteiger partial charge in [-0.15, -0.1) is 0 Å². The average molecular weight is 427 g/mol. The number of rotatable bonds is 3. The van der Waals surface area contributed by atoms with E-state index in [-0.39, 0.29) is 20.4 Å². The molecule has 0 aliphatic heterocycles. The van der Waals surface area contributed by atoms with E-state index in [1.54, 1.807) is 0 Å². The van der Waals surface area contributed by atoms with Crippen molar-refractivity contribution in [3.8, 4) is 0 Å². The van der Waals surface area contributed by atoms with Crippen molar-refractivity contribution in [1.29, 1.82) is 0 Å². The molecule has 0 saturated carbocycles. The maximum atomic E-state index is 2.48. The summed E-state index contributed by atoms with van der Waals surface area (Å²) < 4.78 is 0. The van der Waals surface area contributed by atoms with E-state index in [9.17, 15) is 0 Å². The fraction of sp³-hybridized carbons (Fsp3) is 0.182. The molecule has 24 heavy (non-hydrogen) atoms. The molecule has 0 amide bonds. The first kappa shape index (κ1) is 19.1. The predicted molar refractivity (Wildman–Crippen MR) is 106 cm³/mol. The second kappa shape index (κ2) is 6.94. The van der Waals surface area contributed by atoms with Gasteiger partial charge in [0.1, 0.15) is 0 Å². The zero-order chi connectivity index (χ0) is 16.5. The van der Waals surface area contributed by atoms with Gasteiger partial charge in [-0.05, 0) is 0 Å². The fourth-order valence-electron chi connectivity index (χ4n) is 3.64. The first-order valence-electron chi connectivity index (χ1n) is 8.13. The molecule has 0 nitrogen and oxygen atoms in total. The smallest absolute Gasteiger partial charge is 0 e. The number of aryl methyl sites for hydroxylation is 1. The SMILES string of the molecule is Cc1cccc(P(C)(C)(c2ccccc2)c2ccccc2)c1C.[Pd]. The molecule has 0 unspecified atom stereocenters. The van der Waals surface area contributed by atoms with Crippen LogP contribution in [-0.4, -0.2) is 13.3 Å². The molecular formula is C22H25PPd.